The largest absolute Gasteiger partial charge is 0.381 e. The molecule has 0 aromatic carbocycles. The van der Waals surface area contributed by atoms with Crippen LogP contribution < -0.4 is 10.6 Å². The molecular formula is C19H37IN4O2. The SMILES string of the molecule is CCNC(=NCCNC(=O)CC1CCCCC1)N(C)CC1CCOC1.I. The van der Waals surface area contributed by atoms with Crippen molar-refractivity contribution >= 4 is 35.8 Å². The molecule has 0 bridgehead atoms. The highest BCUT2D eigenvalue weighted by Gasteiger charge is 2.19. The van der Waals surface area contributed by atoms with Crippen LogP contribution in [0, 0.1) is 11.8 Å². The predicted octanol–water partition coefficient (Wildman–Crippen LogP) is 2.62. The van der Waals surface area contributed by atoms with E-state index in [0.29, 0.717) is 31.3 Å². The van der Waals surface area contributed by atoms with Crippen LogP contribution in [0.2, 0.25) is 0 Å². The fraction of sp³-hybridized carbons (Fsp3) is 0.895. The van der Waals surface area contributed by atoms with Crippen molar-refractivity contribution in [3.8, 4) is 0 Å². The maximum Gasteiger partial charge on any atom is 0.220 e. The van der Waals surface area contributed by atoms with Gasteiger partial charge >= 0.3 is 0 Å². The molecule has 2 fully saturated rings. The number of carbonyl (C=O) groups excluding carboxylic acids is 1. The molecule has 2 N–H and O–H groups in total. The summed E-state index contributed by atoms with van der Waals surface area (Å²) in [7, 11) is 2.07. The molecule has 2 rings (SSSR count). The topological polar surface area (TPSA) is 66.0 Å². The molecule has 6 nitrogen and oxygen atoms in total. The minimum absolute atomic E-state index is 0. The van der Waals surface area contributed by atoms with Gasteiger partial charge in [-0.25, -0.2) is 0 Å². The van der Waals surface area contributed by atoms with E-state index in [1.165, 1.54) is 32.1 Å². The van der Waals surface area contributed by atoms with Gasteiger partial charge in [0, 0.05) is 45.6 Å². The van der Waals surface area contributed by atoms with Crippen LogP contribution in [-0.4, -0.2) is 63.2 Å². The lowest BCUT2D eigenvalue weighted by Gasteiger charge is -2.24. The van der Waals surface area contributed by atoms with Crippen molar-refractivity contribution < 1.29 is 9.53 Å². The zero-order valence-electron chi connectivity index (χ0n) is 16.5. The number of carbonyl (C=O) groups is 1. The predicted molar refractivity (Wildman–Crippen MR) is 117 cm³/mol. The highest BCUT2D eigenvalue weighted by atomic mass is 127. The summed E-state index contributed by atoms with van der Waals surface area (Å²) in [4.78, 5) is 18.9. The Morgan fingerprint density at radius 1 is 1.15 bits per heavy atom. The number of nitrogens with zero attached hydrogens (tertiary/aromatic N) is 2. The van der Waals surface area contributed by atoms with Crippen LogP contribution in [0.5, 0.6) is 0 Å². The van der Waals surface area contributed by atoms with E-state index in [9.17, 15) is 4.79 Å². The van der Waals surface area contributed by atoms with Crippen LogP contribution in [0.3, 0.4) is 0 Å². The molecule has 152 valence electrons. The van der Waals surface area contributed by atoms with E-state index < -0.39 is 0 Å². The third-order valence-corrected chi connectivity index (χ3v) is 5.15. The molecule has 0 spiro atoms. The molecule has 1 saturated heterocycles. The number of hydrogen-bond acceptors (Lipinski definition) is 3. The molecule has 7 heteroatoms. The van der Waals surface area contributed by atoms with Crippen LogP contribution in [0.25, 0.3) is 0 Å². The molecule has 1 aliphatic carbocycles. The van der Waals surface area contributed by atoms with E-state index in [1.807, 2.05) is 0 Å². The minimum Gasteiger partial charge on any atom is -0.381 e. The fourth-order valence-corrected chi connectivity index (χ4v) is 3.75. The summed E-state index contributed by atoms with van der Waals surface area (Å²) in [5, 5.41) is 6.36. The minimum atomic E-state index is 0. The first-order chi connectivity index (χ1) is 12.2. The second-order valence-electron chi connectivity index (χ2n) is 7.40. The van der Waals surface area contributed by atoms with Gasteiger partial charge in [-0.1, -0.05) is 19.3 Å². The maximum atomic E-state index is 12.0. The van der Waals surface area contributed by atoms with Crippen molar-refractivity contribution in [1.29, 1.82) is 0 Å². The van der Waals surface area contributed by atoms with Crippen molar-refractivity contribution in [2.24, 2.45) is 16.8 Å². The molecule has 2 aliphatic rings. The van der Waals surface area contributed by atoms with Crippen molar-refractivity contribution in [3.63, 3.8) is 0 Å². The summed E-state index contributed by atoms with van der Waals surface area (Å²) in [6, 6.07) is 0. The van der Waals surface area contributed by atoms with Crippen LogP contribution in [0.1, 0.15) is 51.9 Å². The second-order valence-corrected chi connectivity index (χ2v) is 7.40. The Bertz CT molecular complexity index is 422. The quantitative estimate of drug-likeness (QED) is 0.243. The van der Waals surface area contributed by atoms with E-state index in [4.69, 9.17) is 4.74 Å². The lowest BCUT2D eigenvalue weighted by Crippen LogP contribution is -2.42. The van der Waals surface area contributed by atoms with Gasteiger partial charge in [-0.05, 0) is 32.1 Å². The third kappa shape index (κ3) is 8.88. The normalized spacial score (nSPS) is 21.2. The fourth-order valence-electron chi connectivity index (χ4n) is 3.75. The van der Waals surface area contributed by atoms with Gasteiger partial charge in [-0.15, -0.1) is 24.0 Å². The first-order valence-corrected chi connectivity index (χ1v) is 10.0. The van der Waals surface area contributed by atoms with Crippen LogP contribution >= 0.6 is 24.0 Å². The van der Waals surface area contributed by atoms with Gasteiger partial charge in [-0.3, -0.25) is 9.79 Å². The summed E-state index contributed by atoms with van der Waals surface area (Å²) >= 11 is 0. The number of guanidine groups is 1. The Morgan fingerprint density at radius 2 is 1.92 bits per heavy atom. The Hall–Kier alpha value is -0.570. The Morgan fingerprint density at radius 3 is 2.58 bits per heavy atom. The van der Waals surface area contributed by atoms with Crippen molar-refractivity contribution in [3.05, 3.63) is 0 Å². The average molecular weight is 480 g/mol. The zero-order valence-corrected chi connectivity index (χ0v) is 18.8. The molecule has 26 heavy (non-hydrogen) atoms. The van der Waals surface area contributed by atoms with Crippen LogP contribution in [-0.2, 0) is 9.53 Å². The summed E-state index contributed by atoms with van der Waals surface area (Å²) in [5.74, 6) is 2.28. The third-order valence-electron chi connectivity index (χ3n) is 5.15. The van der Waals surface area contributed by atoms with Gasteiger partial charge in [0.05, 0.1) is 13.2 Å². The number of aliphatic imine (C=N–C) groups is 1. The molecule has 1 heterocycles. The number of amides is 1. The lowest BCUT2D eigenvalue weighted by atomic mass is 9.87. The molecule has 0 aromatic rings. The monoisotopic (exact) mass is 480 g/mol. The van der Waals surface area contributed by atoms with Gasteiger partial charge in [0.15, 0.2) is 5.96 Å². The van der Waals surface area contributed by atoms with E-state index in [1.54, 1.807) is 0 Å². The molecule has 1 aliphatic heterocycles. The van der Waals surface area contributed by atoms with E-state index in [-0.39, 0.29) is 29.9 Å². The first kappa shape index (κ1) is 23.5. The highest BCUT2D eigenvalue weighted by molar-refractivity contribution is 14.0. The second kappa shape index (κ2) is 13.6. The summed E-state index contributed by atoms with van der Waals surface area (Å²) in [6.07, 6.45) is 8.14. The smallest absolute Gasteiger partial charge is 0.220 e. The Kier molecular flexibility index (Phi) is 12.3. The summed E-state index contributed by atoms with van der Waals surface area (Å²) < 4.78 is 5.45. The molecule has 1 unspecified atom stereocenters. The average Bonchev–Trinajstić information content (AvgIpc) is 3.11. The van der Waals surface area contributed by atoms with E-state index >= 15 is 0 Å². The summed E-state index contributed by atoms with van der Waals surface area (Å²) in [5.41, 5.74) is 0. The van der Waals surface area contributed by atoms with Gasteiger partial charge in [0.1, 0.15) is 0 Å². The van der Waals surface area contributed by atoms with E-state index in [0.717, 1.165) is 38.7 Å². The number of nitrogens with one attached hydrogen (secondary N) is 2. The zero-order chi connectivity index (χ0) is 17.9. The number of hydrogen-bond donors (Lipinski definition) is 2. The highest BCUT2D eigenvalue weighted by Crippen LogP contribution is 2.25. The number of rotatable bonds is 8. The van der Waals surface area contributed by atoms with E-state index in [2.05, 4.69) is 34.5 Å². The van der Waals surface area contributed by atoms with Crippen LogP contribution in [0.15, 0.2) is 4.99 Å². The van der Waals surface area contributed by atoms with Gasteiger partial charge < -0.3 is 20.3 Å². The molecule has 1 amide bonds. The molecule has 0 radical (unpaired) electrons. The Balaban J connectivity index is 0.00000338. The first-order valence-electron chi connectivity index (χ1n) is 10.0. The van der Waals surface area contributed by atoms with Crippen LogP contribution in [0.4, 0.5) is 0 Å². The lowest BCUT2D eigenvalue weighted by molar-refractivity contribution is -0.122. The molecule has 1 saturated carbocycles. The molecule has 0 aromatic heterocycles. The van der Waals surface area contributed by atoms with Gasteiger partial charge in [-0.2, -0.15) is 0 Å². The van der Waals surface area contributed by atoms with Crippen molar-refractivity contribution in [2.45, 2.75) is 51.9 Å². The maximum absolute atomic E-state index is 12.0. The van der Waals surface area contributed by atoms with Gasteiger partial charge in [0.25, 0.3) is 0 Å². The van der Waals surface area contributed by atoms with Crippen molar-refractivity contribution in [1.82, 2.24) is 15.5 Å². The molecule has 1 atom stereocenters. The standard InChI is InChI=1S/C19H36N4O2.HI/c1-3-20-19(23(2)14-17-9-12-25-15-17)22-11-10-21-18(24)13-16-7-5-4-6-8-16;/h16-17H,3-15H2,1-2H3,(H,20,22)(H,21,24);1H. The van der Waals surface area contributed by atoms with Gasteiger partial charge in [0.2, 0.25) is 5.91 Å². The number of ether oxygens (including phenoxy) is 1. The molecular weight excluding hydrogens is 443 g/mol. The Labute approximate surface area is 175 Å². The summed E-state index contributed by atoms with van der Waals surface area (Å²) in [6.45, 7) is 6.83. The van der Waals surface area contributed by atoms with Crippen molar-refractivity contribution in [2.75, 3.05) is 46.4 Å². The number of halogens is 1.